The fraction of sp³-hybridized carbons (Fsp3) is 0. The van der Waals surface area contributed by atoms with Crippen LogP contribution in [0.5, 0.6) is 0 Å². The number of nitro benzene ring substituents is 1. The van der Waals surface area contributed by atoms with E-state index in [2.05, 4.69) is 16.2 Å². The van der Waals surface area contributed by atoms with Gasteiger partial charge in [-0.15, -0.1) is 11.3 Å². The Hall–Kier alpha value is -1.94. The van der Waals surface area contributed by atoms with Gasteiger partial charge in [-0.3, -0.25) is 10.1 Å². The predicted molar refractivity (Wildman–Crippen MR) is 88.1 cm³/mol. The summed E-state index contributed by atoms with van der Waals surface area (Å²) in [6.07, 6.45) is 0. The average Bonchev–Trinajstić information content (AvgIpc) is 2.89. The molecule has 0 aliphatic rings. The lowest BCUT2D eigenvalue weighted by Gasteiger charge is -2.05. The van der Waals surface area contributed by atoms with Gasteiger partial charge >= 0.3 is 0 Å². The zero-order valence-corrected chi connectivity index (χ0v) is 13.3. The van der Waals surface area contributed by atoms with Crippen molar-refractivity contribution in [2.45, 2.75) is 4.90 Å². The molecule has 1 heterocycles. The number of hydrogen-bond donors (Lipinski definition) is 1. The Balaban J connectivity index is 2.31. The van der Waals surface area contributed by atoms with Gasteiger partial charge in [0.15, 0.2) is 8.77 Å². The molecule has 0 amide bonds. The van der Waals surface area contributed by atoms with E-state index in [1.807, 2.05) is 18.2 Å². The van der Waals surface area contributed by atoms with Gasteiger partial charge in [0.05, 0.1) is 20.0 Å². The topological polar surface area (TPSA) is 93.3 Å². The number of non-ortho nitro benzene ring substituents is 1. The van der Waals surface area contributed by atoms with Crippen LogP contribution in [-0.2, 0) is 20.0 Å². The third-order valence-electron chi connectivity index (χ3n) is 2.98. The molecule has 0 bridgehead atoms. The number of nitro groups is 1. The normalized spacial score (nSPS) is 13.9. The van der Waals surface area contributed by atoms with E-state index in [1.165, 1.54) is 23.5 Å². The highest BCUT2D eigenvalue weighted by atomic mass is 32.8. The van der Waals surface area contributed by atoms with Crippen molar-refractivity contribution in [2.24, 2.45) is 0 Å². The maximum atomic E-state index is 11.9. The van der Waals surface area contributed by atoms with Crippen LogP contribution in [0.2, 0.25) is 0 Å². The molecule has 6 nitrogen and oxygen atoms in total. The van der Waals surface area contributed by atoms with E-state index in [1.54, 1.807) is 6.07 Å². The van der Waals surface area contributed by atoms with Crippen molar-refractivity contribution in [2.75, 3.05) is 0 Å². The van der Waals surface area contributed by atoms with E-state index >= 15 is 0 Å². The second-order valence-corrected chi connectivity index (χ2v) is 8.18. The van der Waals surface area contributed by atoms with E-state index in [-0.39, 0.29) is 16.1 Å². The number of para-hydroxylation sites is 1. The number of thiazole rings is 1. The molecule has 1 unspecified atom stereocenters. The van der Waals surface area contributed by atoms with Crippen LogP contribution < -0.4 is 0 Å². The number of hydrogen-bond acceptors (Lipinski definition) is 6. The number of nitrogens with zero attached hydrogens (tertiary/aromatic N) is 2. The quantitative estimate of drug-likeness (QED) is 0.573. The van der Waals surface area contributed by atoms with Crippen LogP contribution in [0, 0.1) is 10.1 Å². The summed E-state index contributed by atoms with van der Waals surface area (Å²) in [5.41, 5.74) is 0.753. The van der Waals surface area contributed by atoms with Gasteiger partial charge < -0.3 is 4.55 Å². The second kappa shape index (κ2) is 5.36. The highest BCUT2D eigenvalue weighted by molar-refractivity contribution is 8.29. The summed E-state index contributed by atoms with van der Waals surface area (Å²) in [6, 6.07) is 10.9. The summed E-state index contributed by atoms with van der Waals surface area (Å²) in [5, 5.41) is 11.4. The zero-order valence-electron chi connectivity index (χ0n) is 10.8. The molecule has 3 rings (SSSR count). The molecule has 9 heteroatoms. The van der Waals surface area contributed by atoms with Crippen LogP contribution in [0.3, 0.4) is 0 Å². The largest absolute Gasteiger partial charge is 0.302 e. The molecule has 0 saturated carbocycles. The van der Waals surface area contributed by atoms with Gasteiger partial charge in [-0.05, 0) is 18.2 Å². The number of fused-ring (bicyclic) bond motifs is 1. The summed E-state index contributed by atoms with van der Waals surface area (Å²) in [4.78, 5) is 14.7. The summed E-state index contributed by atoms with van der Waals surface area (Å²) in [5.74, 6) is 0. The van der Waals surface area contributed by atoms with Crippen molar-refractivity contribution in [3.05, 3.63) is 52.6 Å². The first-order chi connectivity index (χ1) is 10.4. The highest BCUT2D eigenvalue weighted by Gasteiger charge is 2.20. The summed E-state index contributed by atoms with van der Waals surface area (Å²) in [7, 11) is -3.68. The lowest BCUT2D eigenvalue weighted by molar-refractivity contribution is -0.384. The monoisotopic (exact) mass is 352 g/mol. The van der Waals surface area contributed by atoms with Gasteiger partial charge in [0.25, 0.3) is 5.69 Å². The van der Waals surface area contributed by atoms with Crippen molar-refractivity contribution >= 4 is 47.2 Å². The summed E-state index contributed by atoms with van der Waals surface area (Å²) >= 11 is 5.90. The first-order valence-corrected chi connectivity index (χ1v) is 9.24. The molecule has 1 atom stereocenters. The predicted octanol–water partition coefficient (Wildman–Crippen LogP) is 3.45. The summed E-state index contributed by atoms with van der Waals surface area (Å²) < 4.78 is 22.4. The van der Waals surface area contributed by atoms with E-state index in [0.717, 1.165) is 10.8 Å². The van der Waals surface area contributed by atoms with Gasteiger partial charge in [-0.2, -0.15) is 0 Å². The van der Waals surface area contributed by atoms with Gasteiger partial charge in [-0.25, -0.2) is 9.19 Å². The minimum Gasteiger partial charge on any atom is -0.302 e. The third-order valence-corrected chi connectivity index (χ3v) is 5.50. The minimum atomic E-state index is -3.68. The molecule has 0 saturated heterocycles. The molecular weight excluding hydrogens is 344 g/mol. The molecule has 22 heavy (non-hydrogen) atoms. The van der Waals surface area contributed by atoms with Gasteiger partial charge in [0, 0.05) is 28.9 Å². The Kier molecular flexibility index (Phi) is 3.65. The minimum absolute atomic E-state index is 0.0350. The fourth-order valence-corrected chi connectivity index (χ4v) is 4.18. The van der Waals surface area contributed by atoms with E-state index < -0.39 is 13.7 Å². The smallest absolute Gasteiger partial charge is 0.270 e. The molecule has 0 spiro atoms. The lowest BCUT2D eigenvalue weighted by atomic mass is 10.2. The molecule has 112 valence electrons. The second-order valence-electron chi connectivity index (χ2n) is 4.40. The Morgan fingerprint density at radius 1 is 1.27 bits per heavy atom. The standard InChI is InChI=1S/C13H8N2O4S3/c16-15(17)8-5-6-12(22(18,19)20)9(7-8)13-14-10-3-1-2-4-11(10)21-13/h1-7H,(H,18,19,20). The fourth-order valence-electron chi connectivity index (χ4n) is 2.01. The number of aromatic nitrogens is 1. The molecule has 3 aromatic rings. The highest BCUT2D eigenvalue weighted by Crippen LogP contribution is 2.36. The first kappa shape index (κ1) is 15.0. The van der Waals surface area contributed by atoms with Crippen LogP contribution in [0.4, 0.5) is 5.69 Å². The molecule has 0 radical (unpaired) electrons. The molecule has 2 aromatic carbocycles. The van der Waals surface area contributed by atoms with Crippen molar-refractivity contribution in [1.29, 1.82) is 0 Å². The van der Waals surface area contributed by atoms with Crippen LogP contribution in [0.25, 0.3) is 20.8 Å². The molecule has 0 aliphatic carbocycles. The van der Waals surface area contributed by atoms with Crippen LogP contribution >= 0.6 is 11.3 Å². The first-order valence-electron chi connectivity index (χ1n) is 5.98. The maximum Gasteiger partial charge on any atom is 0.270 e. The van der Waals surface area contributed by atoms with Crippen molar-refractivity contribution in [1.82, 2.24) is 4.98 Å². The zero-order chi connectivity index (χ0) is 15.9. The van der Waals surface area contributed by atoms with Crippen molar-refractivity contribution < 1.29 is 13.7 Å². The van der Waals surface area contributed by atoms with E-state index in [4.69, 9.17) is 0 Å². The third kappa shape index (κ3) is 2.71. The summed E-state index contributed by atoms with van der Waals surface area (Å²) in [6.45, 7) is 0. The van der Waals surface area contributed by atoms with Crippen molar-refractivity contribution in [3.8, 4) is 10.6 Å². The Bertz CT molecular complexity index is 962. The molecule has 1 aromatic heterocycles. The molecule has 0 aliphatic heterocycles. The van der Waals surface area contributed by atoms with E-state index in [0.29, 0.717) is 10.5 Å². The molecular formula is C13H8N2O4S3. The number of rotatable bonds is 3. The average molecular weight is 352 g/mol. The molecule has 1 N–H and O–H groups in total. The van der Waals surface area contributed by atoms with Crippen LogP contribution in [0.15, 0.2) is 47.4 Å². The van der Waals surface area contributed by atoms with Gasteiger partial charge in [0.1, 0.15) is 5.01 Å². The Labute approximate surface area is 134 Å². The van der Waals surface area contributed by atoms with Gasteiger partial charge in [-0.1, -0.05) is 12.1 Å². The van der Waals surface area contributed by atoms with Gasteiger partial charge in [0.2, 0.25) is 0 Å². The lowest BCUT2D eigenvalue weighted by Crippen LogP contribution is -2.00. The molecule has 0 fully saturated rings. The van der Waals surface area contributed by atoms with E-state index in [9.17, 15) is 18.9 Å². The SMILES string of the molecule is O=[N+]([O-])c1ccc(S(=O)(O)=S)c(-c2nc3ccccc3s2)c1. The van der Waals surface area contributed by atoms with Crippen molar-refractivity contribution in [3.63, 3.8) is 0 Å². The Morgan fingerprint density at radius 2 is 2.00 bits per heavy atom. The van der Waals surface area contributed by atoms with Crippen LogP contribution in [-0.4, -0.2) is 18.7 Å². The Morgan fingerprint density at radius 3 is 2.64 bits per heavy atom. The number of benzene rings is 2. The maximum absolute atomic E-state index is 11.9. The van der Waals surface area contributed by atoms with Crippen LogP contribution in [0.1, 0.15) is 0 Å².